The topological polar surface area (TPSA) is 9.23 Å². The fourth-order valence-electron chi connectivity index (χ4n) is 2.04. The van der Waals surface area contributed by atoms with Gasteiger partial charge in [-0.1, -0.05) is 73.8 Å². The maximum atomic E-state index is 13.2. The number of benzene rings is 1. The van der Waals surface area contributed by atoms with E-state index in [1.807, 2.05) is 6.07 Å². The third-order valence-electron chi connectivity index (χ3n) is 3.18. The third kappa shape index (κ3) is 7.25. The fourth-order valence-corrected chi connectivity index (χ4v) is 2.81. The fraction of sp³-hybridized carbons (Fsp3) is 0.625. The summed E-state index contributed by atoms with van der Waals surface area (Å²) in [6, 6.07) is 6.73. The van der Waals surface area contributed by atoms with E-state index in [9.17, 15) is 4.39 Å². The molecule has 1 rings (SSSR count). The molecule has 0 fully saturated rings. The molecule has 19 heavy (non-hydrogen) atoms. The van der Waals surface area contributed by atoms with Crippen LogP contribution in [0, 0.1) is 5.82 Å². The third-order valence-corrected chi connectivity index (χ3v) is 3.98. The van der Waals surface area contributed by atoms with Crippen molar-refractivity contribution < 1.29 is 9.13 Å². The van der Waals surface area contributed by atoms with Gasteiger partial charge in [0.05, 0.1) is 6.10 Å². The molecule has 0 aromatic heterocycles. The maximum Gasteiger partial charge on any atom is 0.123 e. The SMILES string of the molecule is CCCCCCCCOC(CI)c1cccc(F)c1. The number of rotatable bonds is 10. The van der Waals surface area contributed by atoms with Gasteiger partial charge in [-0.15, -0.1) is 0 Å². The lowest BCUT2D eigenvalue weighted by Gasteiger charge is -2.16. The summed E-state index contributed by atoms with van der Waals surface area (Å²) in [7, 11) is 0. The van der Waals surface area contributed by atoms with Gasteiger partial charge in [0.1, 0.15) is 5.82 Å². The molecular weight excluding hydrogens is 354 g/mol. The van der Waals surface area contributed by atoms with Crippen LogP contribution in [0.2, 0.25) is 0 Å². The monoisotopic (exact) mass is 378 g/mol. The molecule has 1 aromatic rings. The van der Waals surface area contributed by atoms with Crippen molar-refractivity contribution in [2.45, 2.75) is 51.6 Å². The Balaban J connectivity index is 2.22. The molecule has 1 unspecified atom stereocenters. The summed E-state index contributed by atoms with van der Waals surface area (Å²) in [5.74, 6) is -0.185. The second-order valence-corrected chi connectivity index (χ2v) is 5.72. The van der Waals surface area contributed by atoms with Crippen molar-refractivity contribution in [3.8, 4) is 0 Å². The minimum absolute atomic E-state index is 0.0203. The highest BCUT2D eigenvalue weighted by Gasteiger charge is 2.10. The van der Waals surface area contributed by atoms with Gasteiger partial charge in [-0.25, -0.2) is 4.39 Å². The first kappa shape index (κ1) is 16.9. The predicted octanol–water partition coefficient (Wildman–Crippen LogP) is 5.68. The van der Waals surface area contributed by atoms with Crippen LogP contribution in [-0.4, -0.2) is 11.0 Å². The molecule has 0 N–H and O–H groups in total. The second kappa shape index (κ2) is 10.6. The molecule has 0 amide bonds. The van der Waals surface area contributed by atoms with Crippen LogP contribution in [0.1, 0.15) is 57.1 Å². The standard InChI is InChI=1S/C16H24FIO/c1-2-3-4-5-6-7-11-19-16(13-18)14-9-8-10-15(17)12-14/h8-10,12,16H,2-7,11,13H2,1H3. The first-order valence-corrected chi connectivity index (χ1v) is 8.73. The van der Waals surface area contributed by atoms with Crippen LogP contribution in [0.25, 0.3) is 0 Å². The highest BCUT2D eigenvalue weighted by atomic mass is 127. The van der Waals surface area contributed by atoms with Crippen LogP contribution in [0.3, 0.4) is 0 Å². The maximum absolute atomic E-state index is 13.2. The Labute approximate surface area is 130 Å². The molecular formula is C16H24FIO. The van der Waals surface area contributed by atoms with E-state index in [2.05, 4.69) is 29.5 Å². The summed E-state index contributed by atoms with van der Waals surface area (Å²) in [6.45, 7) is 3.00. The van der Waals surface area contributed by atoms with E-state index in [0.717, 1.165) is 23.0 Å². The van der Waals surface area contributed by atoms with E-state index >= 15 is 0 Å². The van der Waals surface area contributed by atoms with Crippen molar-refractivity contribution in [2.24, 2.45) is 0 Å². The van der Waals surface area contributed by atoms with Crippen molar-refractivity contribution >= 4 is 22.6 Å². The number of hydrogen-bond acceptors (Lipinski definition) is 1. The van der Waals surface area contributed by atoms with Crippen LogP contribution >= 0.6 is 22.6 Å². The Hall–Kier alpha value is -0.160. The molecule has 0 aliphatic rings. The van der Waals surface area contributed by atoms with Gasteiger partial charge in [0.2, 0.25) is 0 Å². The summed E-state index contributed by atoms with van der Waals surface area (Å²) < 4.78 is 19.9. The van der Waals surface area contributed by atoms with Gasteiger partial charge in [-0.3, -0.25) is 0 Å². The summed E-state index contributed by atoms with van der Waals surface area (Å²) in [4.78, 5) is 0. The van der Waals surface area contributed by atoms with Crippen LogP contribution in [0.4, 0.5) is 4.39 Å². The Bertz CT molecular complexity index is 343. The van der Waals surface area contributed by atoms with Crippen LogP contribution in [-0.2, 0) is 4.74 Å². The number of ether oxygens (including phenoxy) is 1. The predicted molar refractivity (Wildman–Crippen MR) is 87.4 cm³/mol. The van der Waals surface area contributed by atoms with Crippen molar-refractivity contribution in [1.82, 2.24) is 0 Å². The van der Waals surface area contributed by atoms with Gasteiger partial charge < -0.3 is 4.74 Å². The lowest BCUT2D eigenvalue weighted by Crippen LogP contribution is -2.07. The molecule has 0 saturated heterocycles. The van der Waals surface area contributed by atoms with Gasteiger partial charge in [-0.2, -0.15) is 0 Å². The van der Waals surface area contributed by atoms with Crippen molar-refractivity contribution in [2.75, 3.05) is 11.0 Å². The molecule has 0 heterocycles. The highest BCUT2D eigenvalue weighted by Crippen LogP contribution is 2.21. The highest BCUT2D eigenvalue weighted by molar-refractivity contribution is 14.1. The Morgan fingerprint density at radius 2 is 1.89 bits per heavy atom. The lowest BCUT2D eigenvalue weighted by atomic mass is 10.1. The van der Waals surface area contributed by atoms with E-state index < -0.39 is 0 Å². The van der Waals surface area contributed by atoms with Gasteiger partial charge in [0.25, 0.3) is 0 Å². The molecule has 1 atom stereocenters. The van der Waals surface area contributed by atoms with E-state index in [1.165, 1.54) is 38.2 Å². The summed E-state index contributed by atoms with van der Waals surface area (Å²) >= 11 is 2.30. The molecule has 0 aliphatic carbocycles. The Kier molecular flexibility index (Phi) is 9.43. The van der Waals surface area contributed by atoms with Gasteiger partial charge >= 0.3 is 0 Å². The molecule has 0 bridgehead atoms. The molecule has 0 radical (unpaired) electrons. The number of alkyl halides is 1. The largest absolute Gasteiger partial charge is 0.373 e. The van der Waals surface area contributed by atoms with Gasteiger partial charge in [0, 0.05) is 11.0 Å². The molecule has 1 aromatic carbocycles. The molecule has 0 aliphatic heterocycles. The Morgan fingerprint density at radius 1 is 1.16 bits per heavy atom. The minimum Gasteiger partial charge on any atom is -0.373 e. The molecule has 0 spiro atoms. The Morgan fingerprint density at radius 3 is 2.58 bits per heavy atom. The summed E-state index contributed by atoms with van der Waals surface area (Å²) in [5, 5.41) is 0. The number of unbranched alkanes of at least 4 members (excludes halogenated alkanes) is 5. The first-order chi connectivity index (χ1) is 9.27. The smallest absolute Gasteiger partial charge is 0.123 e. The minimum atomic E-state index is -0.185. The molecule has 0 saturated carbocycles. The van der Waals surface area contributed by atoms with Crippen molar-refractivity contribution in [1.29, 1.82) is 0 Å². The molecule has 108 valence electrons. The zero-order chi connectivity index (χ0) is 13.9. The van der Waals surface area contributed by atoms with E-state index in [0.29, 0.717) is 0 Å². The van der Waals surface area contributed by atoms with Crippen LogP contribution < -0.4 is 0 Å². The van der Waals surface area contributed by atoms with E-state index in [-0.39, 0.29) is 11.9 Å². The number of hydrogen-bond donors (Lipinski definition) is 0. The lowest BCUT2D eigenvalue weighted by molar-refractivity contribution is 0.0677. The van der Waals surface area contributed by atoms with Crippen LogP contribution in [0.5, 0.6) is 0 Å². The summed E-state index contributed by atoms with van der Waals surface area (Å²) in [6.07, 6.45) is 7.60. The van der Waals surface area contributed by atoms with Crippen LogP contribution in [0.15, 0.2) is 24.3 Å². The number of halogens is 2. The van der Waals surface area contributed by atoms with Crippen molar-refractivity contribution in [3.63, 3.8) is 0 Å². The van der Waals surface area contributed by atoms with E-state index in [4.69, 9.17) is 4.74 Å². The zero-order valence-corrected chi connectivity index (χ0v) is 13.9. The second-order valence-electron chi connectivity index (χ2n) is 4.84. The normalized spacial score (nSPS) is 12.6. The quantitative estimate of drug-likeness (QED) is 0.289. The zero-order valence-electron chi connectivity index (χ0n) is 11.7. The van der Waals surface area contributed by atoms with Gasteiger partial charge in [0.15, 0.2) is 0 Å². The average Bonchev–Trinajstić information content (AvgIpc) is 2.42. The molecule has 3 heteroatoms. The van der Waals surface area contributed by atoms with Crippen molar-refractivity contribution in [3.05, 3.63) is 35.6 Å². The summed E-state index contributed by atoms with van der Waals surface area (Å²) in [5.41, 5.74) is 0.945. The first-order valence-electron chi connectivity index (χ1n) is 7.21. The molecule has 1 nitrogen and oxygen atoms in total. The van der Waals surface area contributed by atoms with E-state index in [1.54, 1.807) is 12.1 Å². The average molecular weight is 378 g/mol. The van der Waals surface area contributed by atoms with Gasteiger partial charge in [-0.05, 0) is 24.1 Å².